The summed E-state index contributed by atoms with van der Waals surface area (Å²) in [5.41, 5.74) is 2.82. The van der Waals surface area contributed by atoms with Crippen molar-refractivity contribution < 1.29 is 4.74 Å². The monoisotopic (exact) mass is 219 g/mol. The zero-order chi connectivity index (χ0) is 11.5. The van der Waals surface area contributed by atoms with Gasteiger partial charge in [-0.2, -0.15) is 0 Å². The van der Waals surface area contributed by atoms with Gasteiger partial charge in [0.05, 0.1) is 7.11 Å². The molecule has 2 unspecified atom stereocenters. The van der Waals surface area contributed by atoms with E-state index < -0.39 is 0 Å². The third kappa shape index (κ3) is 2.38. The Kier molecular flexibility index (Phi) is 3.49. The van der Waals surface area contributed by atoms with E-state index in [9.17, 15) is 0 Å². The zero-order valence-corrected chi connectivity index (χ0v) is 10.4. The van der Waals surface area contributed by atoms with Gasteiger partial charge in [-0.1, -0.05) is 6.07 Å². The van der Waals surface area contributed by atoms with Crippen molar-refractivity contribution >= 4 is 0 Å². The molecule has 1 saturated heterocycles. The van der Waals surface area contributed by atoms with Crippen molar-refractivity contribution in [1.29, 1.82) is 0 Å². The van der Waals surface area contributed by atoms with E-state index in [1.54, 1.807) is 7.11 Å². The summed E-state index contributed by atoms with van der Waals surface area (Å²) in [7, 11) is 1.72. The second kappa shape index (κ2) is 4.88. The smallest absolute Gasteiger partial charge is 0.119 e. The predicted molar refractivity (Wildman–Crippen MR) is 67.2 cm³/mol. The minimum Gasteiger partial charge on any atom is -0.497 e. The normalized spacial score (nSPS) is 25.4. The lowest BCUT2D eigenvalue weighted by Crippen LogP contribution is -2.35. The molecule has 1 N–H and O–H groups in total. The number of benzene rings is 1. The molecule has 1 aliphatic rings. The Labute approximate surface area is 98.0 Å². The van der Waals surface area contributed by atoms with Gasteiger partial charge in [0.1, 0.15) is 5.75 Å². The third-order valence-corrected chi connectivity index (χ3v) is 3.58. The molecular formula is C14H21NO. The maximum atomic E-state index is 5.24. The number of aryl methyl sites for hydroxylation is 1. The SMILES string of the molecule is COc1ccc(C2CCC(C)NC2)c(C)c1. The number of hydrogen-bond donors (Lipinski definition) is 1. The van der Waals surface area contributed by atoms with Crippen molar-refractivity contribution in [3.8, 4) is 5.75 Å². The fourth-order valence-corrected chi connectivity index (χ4v) is 2.50. The first-order valence-electron chi connectivity index (χ1n) is 6.08. The molecule has 0 spiro atoms. The van der Waals surface area contributed by atoms with Gasteiger partial charge in [0.25, 0.3) is 0 Å². The molecule has 88 valence electrons. The van der Waals surface area contributed by atoms with Gasteiger partial charge >= 0.3 is 0 Å². The molecular weight excluding hydrogens is 198 g/mol. The van der Waals surface area contributed by atoms with Crippen LogP contribution in [0.5, 0.6) is 5.75 Å². The molecule has 0 bridgehead atoms. The maximum absolute atomic E-state index is 5.24. The summed E-state index contributed by atoms with van der Waals surface area (Å²) >= 11 is 0. The maximum Gasteiger partial charge on any atom is 0.119 e. The average molecular weight is 219 g/mol. The molecule has 0 aromatic heterocycles. The molecule has 1 aromatic carbocycles. The highest BCUT2D eigenvalue weighted by atomic mass is 16.5. The molecule has 0 amide bonds. The number of rotatable bonds is 2. The molecule has 2 nitrogen and oxygen atoms in total. The van der Waals surface area contributed by atoms with Crippen LogP contribution in [0, 0.1) is 6.92 Å². The summed E-state index contributed by atoms with van der Waals surface area (Å²) < 4.78 is 5.24. The molecule has 16 heavy (non-hydrogen) atoms. The van der Waals surface area contributed by atoms with Gasteiger partial charge < -0.3 is 10.1 Å². The molecule has 2 rings (SSSR count). The van der Waals surface area contributed by atoms with Gasteiger partial charge in [-0.3, -0.25) is 0 Å². The van der Waals surface area contributed by atoms with Crippen molar-refractivity contribution in [3.05, 3.63) is 29.3 Å². The van der Waals surface area contributed by atoms with Crippen LogP contribution in [0.15, 0.2) is 18.2 Å². The summed E-state index contributed by atoms with van der Waals surface area (Å²) in [5, 5.41) is 3.56. The first kappa shape index (κ1) is 11.5. The molecule has 0 radical (unpaired) electrons. The highest BCUT2D eigenvalue weighted by Gasteiger charge is 2.20. The first-order chi connectivity index (χ1) is 7.70. The highest BCUT2D eigenvalue weighted by Crippen LogP contribution is 2.29. The fourth-order valence-electron chi connectivity index (χ4n) is 2.50. The van der Waals surface area contributed by atoms with E-state index in [2.05, 4.69) is 37.4 Å². The van der Waals surface area contributed by atoms with E-state index in [1.807, 2.05) is 0 Å². The Hall–Kier alpha value is -1.02. The molecule has 1 heterocycles. The molecule has 1 aliphatic heterocycles. The highest BCUT2D eigenvalue weighted by molar-refractivity contribution is 5.37. The van der Waals surface area contributed by atoms with Crippen LogP contribution in [-0.2, 0) is 0 Å². The molecule has 0 aliphatic carbocycles. The van der Waals surface area contributed by atoms with Gasteiger partial charge in [0, 0.05) is 12.6 Å². The van der Waals surface area contributed by atoms with Crippen LogP contribution < -0.4 is 10.1 Å². The minimum absolute atomic E-state index is 0.669. The average Bonchev–Trinajstić information content (AvgIpc) is 2.30. The number of methoxy groups -OCH3 is 1. The van der Waals surface area contributed by atoms with Crippen LogP contribution >= 0.6 is 0 Å². The lowest BCUT2D eigenvalue weighted by atomic mass is 9.87. The Balaban J connectivity index is 2.14. The van der Waals surface area contributed by atoms with Crippen molar-refractivity contribution in [2.24, 2.45) is 0 Å². The number of ether oxygens (including phenoxy) is 1. The van der Waals surface area contributed by atoms with Gasteiger partial charge in [0.2, 0.25) is 0 Å². The Morgan fingerprint density at radius 2 is 2.12 bits per heavy atom. The lowest BCUT2D eigenvalue weighted by molar-refractivity contribution is 0.383. The van der Waals surface area contributed by atoms with Crippen molar-refractivity contribution in [2.45, 2.75) is 38.6 Å². The Morgan fingerprint density at radius 1 is 1.31 bits per heavy atom. The van der Waals surface area contributed by atoms with Crippen LogP contribution in [0.4, 0.5) is 0 Å². The largest absolute Gasteiger partial charge is 0.497 e. The van der Waals surface area contributed by atoms with E-state index in [0.29, 0.717) is 12.0 Å². The van der Waals surface area contributed by atoms with E-state index in [0.717, 1.165) is 12.3 Å². The van der Waals surface area contributed by atoms with E-state index >= 15 is 0 Å². The second-order valence-corrected chi connectivity index (χ2v) is 4.81. The van der Waals surface area contributed by atoms with Gasteiger partial charge in [-0.15, -0.1) is 0 Å². The van der Waals surface area contributed by atoms with Crippen molar-refractivity contribution in [1.82, 2.24) is 5.32 Å². The topological polar surface area (TPSA) is 21.3 Å². The van der Waals surface area contributed by atoms with E-state index in [1.165, 1.54) is 24.0 Å². The molecule has 2 heteroatoms. The van der Waals surface area contributed by atoms with E-state index in [-0.39, 0.29) is 0 Å². The summed E-state index contributed by atoms with van der Waals surface area (Å²) in [6.45, 7) is 5.54. The van der Waals surface area contributed by atoms with Crippen LogP contribution in [-0.4, -0.2) is 19.7 Å². The second-order valence-electron chi connectivity index (χ2n) is 4.81. The Bertz CT molecular complexity index is 354. The quantitative estimate of drug-likeness (QED) is 0.826. The van der Waals surface area contributed by atoms with Gasteiger partial charge in [0.15, 0.2) is 0 Å². The van der Waals surface area contributed by atoms with Crippen LogP contribution in [0.2, 0.25) is 0 Å². The molecule has 2 atom stereocenters. The van der Waals surface area contributed by atoms with Gasteiger partial charge in [-0.25, -0.2) is 0 Å². The Morgan fingerprint density at radius 3 is 2.69 bits per heavy atom. The van der Waals surface area contributed by atoms with E-state index in [4.69, 9.17) is 4.74 Å². The zero-order valence-electron chi connectivity index (χ0n) is 10.4. The lowest BCUT2D eigenvalue weighted by Gasteiger charge is -2.29. The van der Waals surface area contributed by atoms with Crippen LogP contribution in [0.1, 0.15) is 36.8 Å². The predicted octanol–water partition coefficient (Wildman–Crippen LogP) is 2.86. The summed E-state index contributed by atoms with van der Waals surface area (Å²) in [4.78, 5) is 0. The van der Waals surface area contributed by atoms with Crippen molar-refractivity contribution in [3.63, 3.8) is 0 Å². The molecule has 1 fully saturated rings. The summed E-state index contributed by atoms with van der Waals surface area (Å²) in [5.74, 6) is 1.63. The standard InChI is InChI=1S/C14H21NO/c1-10-8-13(16-3)6-7-14(10)12-5-4-11(2)15-9-12/h6-8,11-12,15H,4-5,9H2,1-3H3. The molecule has 0 saturated carbocycles. The number of piperidine rings is 1. The first-order valence-corrected chi connectivity index (χ1v) is 6.08. The molecule has 1 aromatic rings. The summed E-state index contributed by atoms with van der Waals surface area (Å²) in [6.07, 6.45) is 2.57. The number of nitrogens with one attached hydrogen (secondary N) is 1. The van der Waals surface area contributed by atoms with Crippen molar-refractivity contribution in [2.75, 3.05) is 13.7 Å². The van der Waals surface area contributed by atoms with Crippen LogP contribution in [0.3, 0.4) is 0 Å². The minimum atomic E-state index is 0.669. The van der Waals surface area contributed by atoms with Crippen LogP contribution in [0.25, 0.3) is 0 Å². The third-order valence-electron chi connectivity index (χ3n) is 3.58. The summed E-state index contributed by atoms with van der Waals surface area (Å²) in [6, 6.07) is 7.10. The number of hydrogen-bond acceptors (Lipinski definition) is 2. The fraction of sp³-hybridized carbons (Fsp3) is 0.571. The van der Waals surface area contributed by atoms with Gasteiger partial charge in [-0.05, 0) is 55.9 Å².